The van der Waals surface area contributed by atoms with Crippen molar-refractivity contribution < 1.29 is 23.5 Å². The Bertz CT molecular complexity index is 1150. The van der Waals surface area contributed by atoms with Gasteiger partial charge in [-0.25, -0.2) is 0 Å². The molecule has 0 spiro atoms. The maximum absolute atomic E-state index is 12.3. The molecule has 1 heterocycles. The van der Waals surface area contributed by atoms with Crippen LogP contribution in [0.5, 0.6) is 17.2 Å². The third-order valence-electron chi connectivity index (χ3n) is 4.17. The van der Waals surface area contributed by atoms with Gasteiger partial charge in [0.1, 0.15) is 47.9 Å². The van der Waals surface area contributed by atoms with Crippen LogP contribution in [-0.4, -0.2) is 31.4 Å². The van der Waals surface area contributed by atoms with Gasteiger partial charge in [-0.15, -0.1) is 0 Å². The van der Waals surface area contributed by atoms with Crippen LogP contribution in [-0.2, 0) is 4.79 Å². The molecule has 1 amide bonds. The summed E-state index contributed by atoms with van der Waals surface area (Å²) in [7, 11) is 1.60. The van der Waals surface area contributed by atoms with Gasteiger partial charge in [0.05, 0.1) is 12.1 Å². The van der Waals surface area contributed by atoms with Crippen molar-refractivity contribution in [3.05, 3.63) is 70.5 Å². The van der Waals surface area contributed by atoms with Gasteiger partial charge in [0.2, 0.25) is 0 Å². The number of rotatable bonds is 9. The zero-order valence-corrected chi connectivity index (χ0v) is 18.2. The van der Waals surface area contributed by atoms with Crippen LogP contribution >= 0.6 is 11.6 Å². The molecule has 0 aliphatic carbocycles. The number of carbonyl (C=O) groups excluding carboxylic acids is 1. The summed E-state index contributed by atoms with van der Waals surface area (Å²) < 4.78 is 21.3. The van der Waals surface area contributed by atoms with E-state index in [-0.39, 0.29) is 18.0 Å². The van der Waals surface area contributed by atoms with Crippen molar-refractivity contribution in [1.29, 1.82) is 5.26 Å². The van der Waals surface area contributed by atoms with Gasteiger partial charge in [-0.1, -0.05) is 22.8 Å². The lowest BCUT2D eigenvalue weighted by Gasteiger charge is -2.10. The van der Waals surface area contributed by atoms with Crippen molar-refractivity contribution in [1.82, 2.24) is 5.16 Å². The van der Waals surface area contributed by atoms with Crippen LogP contribution in [0.3, 0.4) is 0 Å². The Morgan fingerprint density at radius 2 is 1.88 bits per heavy atom. The average molecular weight is 454 g/mol. The van der Waals surface area contributed by atoms with Crippen LogP contribution in [0.15, 0.2) is 58.6 Å². The van der Waals surface area contributed by atoms with Gasteiger partial charge in [0, 0.05) is 6.07 Å². The minimum atomic E-state index is -0.604. The number of amides is 1. The molecule has 1 aromatic heterocycles. The quantitative estimate of drug-likeness (QED) is 0.285. The molecule has 0 saturated carbocycles. The summed E-state index contributed by atoms with van der Waals surface area (Å²) in [5.41, 5.74) is 0.461. The van der Waals surface area contributed by atoms with Crippen LogP contribution in [0.25, 0.3) is 6.08 Å². The number of nitrogens with one attached hydrogen (secondary N) is 1. The third kappa shape index (κ3) is 6.27. The first-order valence-electron chi connectivity index (χ1n) is 9.54. The van der Waals surface area contributed by atoms with Crippen LogP contribution < -0.4 is 19.5 Å². The highest BCUT2D eigenvalue weighted by Gasteiger charge is 2.12. The highest BCUT2D eigenvalue weighted by atomic mass is 35.5. The van der Waals surface area contributed by atoms with E-state index in [0.29, 0.717) is 34.5 Å². The molecule has 164 valence electrons. The molecule has 32 heavy (non-hydrogen) atoms. The molecule has 0 saturated heterocycles. The smallest absolute Gasteiger partial charge is 0.267 e. The second kappa shape index (κ2) is 10.9. The van der Waals surface area contributed by atoms with Crippen LogP contribution in [0.2, 0.25) is 5.02 Å². The summed E-state index contributed by atoms with van der Waals surface area (Å²) in [4.78, 5) is 12.3. The van der Waals surface area contributed by atoms with Gasteiger partial charge in [-0.2, -0.15) is 5.26 Å². The predicted molar refractivity (Wildman–Crippen MR) is 119 cm³/mol. The number of benzene rings is 2. The molecule has 3 rings (SSSR count). The molecule has 0 aliphatic rings. The molecule has 0 aliphatic heterocycles. The van der Waals surface area contributed by atoms with E-state index in [0.717, 1.165) is 5.75 Å². The number of anilines is 1. The molecule has 0 fully saturated rings. The number of carbonyl (C=O) groups is 1. The van der Waals surface area contributed by atoms with Gasteiger partial charge < -0.3 is 24.1 Å². The number of hydrogen-bond acceptors (Lipinski definition) is 7. The van der Waals surface area contributed by atoms with Gasteiger partial charge in [-0.05, 0) is 55.0 Å². The van der Waals surface area contributed by atoms with E-state index in [2.05, 4.69) is 10.5 Å². The number of nitriles is 1. The van der Waals surface area contributed by atoms with Gasteiger partial charge in [-0.3, -0.25) is 4.79 Å². The third-order valence-corrected chi connectivity index (χ3v) is 4.47. The van der Waals surface area contributed by atoms with E-state index in [1.165, 1.54) is 6.08 Å². The van der Waals surface area contributed by atoms with Gasteiger partial charge >= 0.3 is 0 Å². The lowest BCUT2D eigenvalue weighted by molar-refractivity contribution is -0.112. The van der Waals surface area contributed by atoms with Crippen molar-refractivity contribution in [2.75, 3.05) is 25.6 Å². The fourth-order valence-electron chi connectivity index (χ4n) is 2.63. The number of halogens is 1. The number of nitrogens with zero attached hydrogens (tertiary/aromatic N) is 2. The standard InChI is InChI=1S/C23H20ClN3O5/c1-15-11-22(27-32-15)26-23(28)17(14-25)12-16-3-8-21(20(24)13-16)31-10-9-30-19-6-4-18(29-2)5-7-19/h3-8,11-13H,9-10H2,1-2H3,(H,26,27,28)/b17-12-. The molecule has 3 aromatic rings. The highest BCUT2D eigenvalue weighted by Crippen LogP contribution is 2.27. The molecule has 0 atom stereocenters. The molecule has 2 aromatic carbocycles. The number of methoxy groups -OCH3 is 1. The summed E-state index contributed by atoms with van der Waals surface area (Å²) in [6, 6.07) is 15.6. The van der Waals surface area contributed by atoms with Gasteiger partial charge in [0.15, 0.2) is 5.82 Å². The second-order valence-electron chi connectivity index (χ2n) is 6.51. The fraction of sp³-hybridized carbons (Fsp3) is 0.174. The molecule has 0 radical (unpaired) electrons. The van der Waals surface area contributed by atoms with Crippen molar-refractivity contribution in [2.45, 2.75) is 6.92 Å². The Kier molecular flexibility index (Phi) is 7.73. The SMILES string of the molecule is COc1ccc(OCCOc2ccc(/C=C(/C#N)C(=O)Nc3cc(C)on3)cc2Cl)cc1. The Hall–Kier alpha value is -3.96. The summed E-state index contributed by atoms with van der Waals surface area (Å²) in [5, 5.41) is 15.8. The van der Waals surface area contributed by atoms with E-state index < -0.39 is 5.91 Å². The van der Waals surface area contributed by atoms with E-state index >= 15 is 0 Å². The van der Waals surface area contributed by atoms with E-state index in [4.69, 9.17) is 30.3 Å². The van der Waals surface area contributed by atoms with E-state index in [9.17, 15) is 10.1 Å². The minimum Gasteiger partial charge on any atom is -0.497 e. The van der Waals surface area contributed by atoms with Crippen molar-refractivity contribution in [3.63, 3.8) is 0 Å². The molecular weight excluding hydrogens is 434 g/mol. The van der Waals surface area contributed by atoms with Crippen LogP contribution in [0.1, 0.15) is 11.3 Å². The molecule has 0 unspecified atom stereocenters. The zero-order valence-electron chi connectivity index (χ0n) is 17.4. The van der Waals surface area contributed by atoms with Crippen LogP contribution in [0.4, 0.5) is 5.82 Å². The topological polar surface area (TPSA) is 107 Å². The first-order chi connectivity index (χ1) is 15.5. The maximum atomic E-state index is 12.3. The first kappa shape index (κ1) is 22.7. The monoisotopic (exact) mass is 453 g/mol. The molecule has 1 N–H and O–H groups in total. The zero-order chi connectivity index (χ0) is 22.9. The Balaban J connectivity index is 1.55. The van der Waals surface area contributed by atoms with E-state index in [1.807, 2.05) is 18.2 Å². The fourth-order valence-corrected chi connectivity index (χ4v) is 2.87. The summed E-state index contributed by atoms with van der Waals surface area (Å²) in [6.07, 6.45) is 1.42. The normalized spacial score (nSPS) is 10.9. The number of ether oxygens (including phenoxy) is 3. The molecular formula is C23H20ClN3O5. The maximum Gasteiger partial charge on any atom is 0.267 e. The van der Waals surface area contributed by atoms with Crippen molar-refractivity contribution in [3.8, 4) is 23.3 Å². The molecule has 9 heteroatoms. The lowest BCUT2D eigenvalue weighted by Crippen LogP contribution is -2.13. The number of aromatic nitrogens is 1. The minimum absolute atomic E-state index is 0.108. The predicted octanol–water partition coefficient (Wildman–Crippen LogP) is 4.65. The summed E-state index contributed by atoms with van der Waals surface area (Å²) >= 11 is 6.28. The Morgan fingerprint density at radius 1 is 1.16 bits per heavy atom. The molecule has 8 nitrogen and oxygen atoms in total. The second-order valence-corrected chi connectivity index (χ2v) is 6.92. The van der Waals surface area contributed by atoms with Crippen molar-refractivity contribution in [2.24, 2.45) is 0 Å². The lowest BCUT2D eigenvalue weighted by atomic mass is 10.1. The van der Waals surface area contributed by atoms with Gasteiger partial charge in [0.25, 0.3) is 5.91 Å². The average Bonchev–Trinajstić information content (AvgIpc) is 3.20. The number of aryl methyl sites for hydroxylation is 1. The first-order valence-corrected chi connectivity index (χ1v) is 9.92. The highest BCUT2D eigenvalue weighted by molar-refractivity contribution is 6.32. The van der Waals surface area contributed by atoms with Crippen LogP contribution in [0, 0.1) is 18.3 Å². The Labute approximate surface area is 189 Å². The summed E-state index contributed by atoms with van der Waals surface area (Å²) in [5.74, 6) is 2.08. The van der Waals surface area contributed by atoms with E-state index in [1.54, 1.807) is 50.4 Å². The van der Waals surface area contributed by atoms with Crippen molar-refractivity contribution >= 4 is 29.4 Å². The largest absolute Gasteiger partial charge is 0.497 e. The Morgan fingerprint density at radius 3 is 2.50 bits per heavy atom. The molecule has 0 bridgehead atoms. The number of hydrogen-bond donors (Lipinski definition) is 1. The summed E-state index contributed by atoms with van der Waals surface area (Å²) in [6.45, 7) is 2.30.